The predicted molar refractivity (Wildman–Crippen MR) is 176 cm³/mol. The summed E-state index contributed by atoms with van der Waals surface area (Å²) >= 11 is 0. The predicted octanol–water partition coefficient (Wildman–Crippen LogP) is 11.0. The Morgan fingerprint density at radius 3 is 1.32 bits per heavy atom. The summed E-state index contributed by atoms with van der Waals surface area (Å²) in [7, 11) is 2.67. The van der Waals surface area contributed by atoms with Gasteiger partial charge in [0, 0.05) is 6.61 Å². The molecule has 0 radical (unpaired) electrons. The highest BCUT2D eigenvalue weighted by Crippen LogP contribution is 2.45. The molecule has 0 spiro atoms. The minimum absolute atomic E-state index is 0.257. The fourth-order valence-corrected chi connectivity index (χ4v) is 6.12. The first-order chi connectivity index (χ1) is 19.7. The molecule has 2 atom stereocenters. The molecule has 0 aliphatic rings. The van der Waals surface area contributed by atoms with Gasteiger partial charge in [-0.2, -0.15) is 0 Å². The number of quaternary nitrogens is 1. The number of rotatable bonds is 33. The molecule has 0 aromatic rings. The van der Waals surface area contributed by atoms with E-state index in [9.17, 15) is 9.46 Å². The van der Waals surface area contributed by atoms with Crippen LogP contribution in [0, 0.1) is 0 Å². The van der Waals surface area contributed by atoms with Crippen LogP contribution >= 0.6 is 7.82 Å². The maximum atomic E-state index is 12.3. The third-order valence-electron chi connectivity index (χ3n) is 7.86. The standard InChI is InChI=1S/C34H72NO5P/c1-6-8-9-10-11-12-13-14-15-16-17-18-20-23-26-29-32-38-34(7-2)40-41(36,37)39-33-30-27-24-21-19-22-25-28-31-35(3,4)5/h34H,6-33H2,1-5H3/p+1. The lowest BCUT2D eigenvalue weighted by atomic mass is 10.0. The third kappa shape index (κ3) is 32.8. The molecule has 0 bridgehead atoms. The van der Waals surface area contributed by atoms with Crippen LogP contribution in [0.4, 0.5) is 0 Å². The number of nitrogens with zero attached hydrogens (tertiary/aromatic N) is 1. The van der Waals surface area contributed by atoms with Crippen molar-refractivity contribution in [2.75, 3.05) is 40.9 Å². The average molecular weight is 607 g/mol. The summed E-state index contributed by atoms with van der Waals surface area (Å²) in [5, 5.41) is 0. The zero-order valence-electron chi connectivity index (χ0n) is 28.4. The summed E-state index contributed by atoms with van der Waals surface area (Å²) in [6.45, 7) is 6.24. The molecule has 0 fully saturated rings. The molecule has 6 nitrogen and oxygen atoms in total. The SMILES string of the molecule is CCCCCCCCCCCCCCCCCCOC(CC)OP(=O)(O)OCCCCCCCCCC[N+](C)(C)C. The van der Waals surface area contributed by atoms with E-state index in [0.29, 0.717) is 13.0 Å². The van der Waals surface area contributed by atoms with Crippen molar-refractivity contribution in [2.24, 2.45) is 0 Å². The Hall–Kier alpha value is 0.0300. The second kappa shape index (κ2) is 28.8. The summed E-state index contributed by atoms with van der Waals surface area (Å²) in [4.78, 5) is 10.1. The van der Waals surface area contributed by atoms with Gasteiger partial charge in [0.15, 0.2) is 6.29 Å². The van der Waals surface area contributed by atoms with E-state index in [1.54, 1.807) is 0 Å². The fraction of sp³-hybridized carbons (Fsp3) is 1.00. The molecule has 248 valence electrons. The Morgan fingerprint density at radius 2 is 0.927 bits per heavy atom. The lowest BCUT2D eigenvalue weighted by Gasteiger charge is -2.23. The maximum absolute atomic E-state index is 12.3. The van der Waals surface area contributed by atoms with E-state index in [1.165, 1.54) is 129 Å². The number of ether oxygens (including phenoxy) is 1. The van der Waals surface area contributed by atoms with Crippen molar-refractivity contribution < 1.29 is 27.7 Å². The van der Waals surface area contributed by atoms with Crippen LogP contribution in [0.3, 0.4) is 0 Å². The van der Waals surface area contributed by atoms with Crippen molar-refractivity contribution in [3.63, 3.8) is 0 Å². The molecule has 0 heterocycles. The summed E-state index contributed by atoms with van der Waals surface area (Å²) in [6, 6.07) is 0. The van der Waals surface area contributed by atoms with Gasteiger partial charge in [-0.3, -0.25) is 9.05 Å². The van der Waals surface area contributed by atoms with Crippen LogP contribution in [0.5, 0.6) is 0 Å². The van der Waals surface area contributed by atoms with Gasteiger partial charge in [0.2, 0.25) is 0 Å². The highest BCUT2D eigenvalue weighted by molar-refractivity contribution is 7.47. The second-order valence-electron chi connectivity index (χ2n) is 13.3. The van der Waals surface area contributed by atoms with E-state index in [1.807, 2.05) is 6.92 Å². The number of phosphoric acid groups is 1. The first kappa shape index (κ1) is 41.0. The van der Waals surface area contributed by atoms with Gasteiger partial charge in [-0.15, -0.1) is 0 Å². The van der Waals surface area contributed by atoms with Gasteiger partial charge in [-0.1, -0.05) is 142 Å². The lowest BCUT2D eigenvalue weighted by Crippen LogP contribution is -2.35. The molecule has 0 saturated carbocycles. The van der Waals surface area contributed by atoms with Gasteiger partial charge in [-0.05, 0) is 32.1 Å². The van der Waals surface area contributed by atoms with E-state index in [-0.39, 0.29) is 6.61 Å². The van der Waals surface area contributed by atoms with E-state index in [2.05, 4.69) is 28.1 Å². The summed E-state index contributed by atoms with van der Waals surface area (Å²) < 4.78 is 29.6. The van der Waals surface area contributed by atoms with Crippen molar-refractivity contribution >= 4 is 7.82 Å². The van der Waals surface area contributed by atoms with E-state index < -0.39 is 14.1 Å². The van der Waals surface area contributed by atoms with Crippen LogP contribution in [-0.4, -0.2) is 56.6 Å². The minimum Gasteiger partial charge on any atom is -0.352 e. The molecule has 41 heavy (non-hydrogen) atoms. The fourth-order valence-electron chi connectivity index (χ4n) is 5.20. The van der Waals surface area contributed by atoms with Crippen LogP contribution in [-0.2, 0) is 18.3 Å². The van der Waals surface area contributed by atoms with E-state index in [4.69, 9.17) is 13.8 Å². The molecule has 0 aromatic carbocycles. The van der Waals surface area contributed by atoms with E-state index in [0.717, 1.165) is 36.6 Å². The molecular weight excluding hydrogens is 533 g/mol. The highest BCUT2D eigenvalue weighted by Gasteiger charge is 2.26. The van der Waals surface area contributed by atoms with Crippen molar-refractivity contribution in [3.8, 4) is 0 Å². The van der Waals surface area contributed by atoms with E-state index >= 15 is 0 Å². The molecule has 0 aliphatic heterocycles. The average Bonchev–Trinajstić information content (AvgIpc) is 2.92. The lowest BCUT2D eigenvalue weighted by molar-refractivity contribution is -0.870. The first-order valence-corrected chi connectivity index (χ1v) is 19.3. The van der Waals surface area contributed by atoms with Gasteiger partial charge in [0.1, 0.15) is 0 Å². The molecule has 0 saturated heterocycles. The Bertz CT molecular complexity index is 584. The van der Waals surface area contributed by atoms with Crippen molar-refractivity contribution in [3.05, 3.63) is 0 Å². The van der Waals surface area contributed by atoms with Crippen LogP contribution < -0.4 is 0 Å². The Morgan fingerprint density at radius 1 is 0.561 bits per heavy atom. The largest absolute Gasteiger partial charge is 0.474 e. The van der Waals surface area contributed by atoms with Crippen molar-refractivity contribution in [1.82, 2.24) is 0 Å². The molecular formula is C34H73NO5P+. The molecule has 0 aromatic heterocycles. The van der Waals surface area contributed by atoms with Crippen LogP contribution in [0.2, 0.25) is 0 Å². The topological polar surface area (TPSA) is 65.0 Å². The molecule has 7 heteroatoms. The Balaban J connectivity index is 3.54. The van der Waals surface area contributed by atoms with Crippen molar-refractivity contribution in [1.29, 1.82) is 0 Å². The zero-order chi connectivity index (χ0) is 30.5. The number of phosphoric ester groups is 1. The maximum Gasteiger partial charge on any atom is 0.474 e. The molecule has 0 rings (SSSR count). The number of hydrogen-bond donors (Lipinski definition) is 1. The van der Waals surface area contributed by atoms with Gasteiger partial charge >= 0.3 is 7.82 Å². The normalized spacial score (nSPS) is 14.4. The Labute approximate surface area is 256 Å². The first-order valence-electron chi connectivity index (χ1n) is 17.8. The number of unbranched alkanes of at least 4 members (excludes halogenated alkanes) is 22. The van der Waals surface area contributed by atoms with Crippen LogP contribution in [0.1, 0.15) is 174 Å². The quantitative estimate of drug-likeness (QED) is 0.0348. The van der Waals surface area contributed by atoms with Gasteiger partial charge in [0.05, 0.1) is 34.3 Å². The van der Waals surface area contributed by atoms with Crippen LogP contribution in [0.25, 0.3) is 0 Å². The molecule has 1 N–H and O–H groups in total. The number of hydrogen-bond acceptors (Lipinski definition) is 4. The highest BCUT2D eigenvalue weighted by atomic mass is 31.2. The summed E-state index contributed by atoms with van der Waals surface area (Å²) in [5.41, 5.74) is 0. The second-order valence-corrected chi connectivity index (χ2v) is 14.7. The smallest absolute Gasteiger partial charge is 0.352 e. The third-order valence-corrected chi connectivity index (χ3v) is 8.87. The van der Waals surface area contributed by atoms with Crippen LogP contribution in [0.15, 0.2) is 0 Å². The summed E-state index contributed by atoms with van der Waals surface area (Å²) in [5.74, 6) is 0. The monoisotopic (exact) mass is 607 g/mol. The Kier molecular flexibility index (Phi) is 28.8. The molecule has 0 amide bonds. The minimum atomic E-state index is -4.07. The summed E-state index contributed by atoms with van der Waals surface area (Å²) in [6.07, 6.45) is 30.6. The van der Waals surface area contributed by atoms with Crippen molar-refractivity contribution in [2.45, 2.75) is 181 Å². The molecule has 2 unspecified atom stereocenters. The van der Waals surface area contributed by atoms with Gasteiger partial charge in [-0.25, -0.2) is 4.57 Å². The zero-order valence-corrected chi connectivity index (χ0v) is 29.2. The molecule has 0 aliphatic carbocycles. The van der Waals surface area contributed by atoms with Gasteiger partial charge in [0.25, 0.3) is 0 Å². The van der Waals surface area contributed by atoms with Gasteiger partial charge < -0.3 is 14.1 Å².